The van der Waals surface area contributed by atoms with Crippen molar-refractivity contribution >= 4 is 12.1 Å². The summed E-state index contributed by atoms with van der Waals surface area (Å²) >= 11 is 0. The predicted molar refractivity (Wildman–Crippen MR) is 72.6 cm³/mol. The predicted octanol–water partition coefficient (Wildman–Crippen LogP) is 3.04. The highest BCUT2D eigenvalue weighted by atomic mass is 19.2. The fourth-order valence-corrected chi connectivity index (χ4v) is 1.63. The first-order valence-electron chi connectivity index (χ1n) is 5.92. The topological polar surface area (TPSA) is 41.5 Å². The second kappa shape index (κ2) is 6.06. The van der Waals surface area contributed by atoms with Crippen molar-refractivity contribution in [1.82, 2.24) is 5.43 Å². The Morgan fingerprint density at radius 3 is 2.70 bits per heavy atom. The van der Waals surface area contributed by atoms with E-state index in [1.807, 2.05) is 13.0 Å². The maximum atomic E-state index is 13.3. The van der Waals surface area contributed by atoms with Gasteiger partial charge >= 0.3 is 0 Å². The van der Waals surface area contributed by atoms with E-state index in [4.69, 9.17) is 0 Å². The van der Waals surface area contributed by atoms with Gasteiger partial charge in [-0.1, -0.05) is 29.8 Å². The van der Waals surface area contributed by atoms with E-state index < -0.39 is 17.5 Å². The molecule has 2 rings (SSSR count). The van der Waals surface area contributed by atoms with Crippen molar-refractivity contribution < 1.29 is 13.6 Å². The first kappa shape index (κ1) is 13.9. The van der Waals surface area contributed by atoms with Crippen molar-refractivity contribution in [2.24, 2.45) is 5.10 Å². The van der Waals surface area contributed by atoms with Crippen LogP contribution >= 0.6 is 0 Å². The average molecular weight is 274 g/mol. The summed E-state index contributed by atoms with van der Waals surface area (Å²) < 4.78 is 26.3. The average Bonchev–Trinajstić information content (AvgIpc) is 2.43. The molecule has 0 heterocycles. The Bertz CT molecular complexity index is 669. The molecule has 0 aromatic heterocycles. The smallest absolute Gasteiger partial charge is 0.267 e. The van der Waals surface area contributed by atoms with Crippen LogP contribution < -0.4 is 5.43 Å². The molecule has 20 heavy (non-hydrogen) atoms. The number of hydrazone groups is 1. The Balaban J connectivity index is 2.07. The van der Waals surface area contributed by atoms with E-state index in [1.54, 1.807) is 18.2 Å². The number of carbonyl (C=O) groups is 1. The van der Waals surface area contributed by atoms with Gasteiger partial charge in [-0.15, -0.1) is 0 Å². The lowest BCUT2D eigenvalue weighted by Crippen LogP contribution is -2.17. The van der Waals surface area contributed by atoms with Crippen LogP contribution in [0.3, 0.4) is 0 Å². The second-order valence-corrected chi connectivity index (χ2v) is 4.21. The quantitative estimate of drug-likeness (QED) is 0.678. The third-order valence-electron chi connectivity index (χ3n) is 2.63. The normalized spacial score (nSPS) is 10.8. The lowest BCUT2D eigenvalue weighted by atomic mass is 10.1. The highest BCUT2D eigenvalue weighted by Gasteiger charge is 2.06. The summed E-state index contributed by atoms with van der Waals surface area (Å²) in [7, 11) is 0. The fraction of sp³-hybridized carbons (Fsp3) is 0.0667. The van der Waals surface area contributed by atoms with Crippen LogP contribution in [-0.4, -0.2) is 12.1 Å². The van der Waals surface area contributed by atoms with Crippen LogP contribution in [0.2, 0.25) is 0 Å². The van der Waals surface area contributed by atoms with Gasteiger partial charge in [-0.2, -0.15) is 5.10 Å². The molecule has 0 aliphatic rings. The SMILES string of the molecule is Cc1cccc(C(=O)NN=Cc2cccc(F)c2F)c1. The summed E-state index contributed by atoms with van der Waals surface area (Å²) in [6.07, 6.45) is 1.06. The van der Waals surface area contributed by atoms with Crippen LogP contribution in [0.15, 0.2) is 47.6 Å². The third-order valence-corrected chi connectivity index (χ3v) is 2.63. The number of carbonyl (C=O) groups excluding carboxylic acids is 1. The molecule has 3 nitrogen and oxygen atoms in total. The molecule has 0 aliphatic carbocycles. The van der Waals surface area contributed by atoms with Crippen molar-refractivity contribution in [3.8, 4) is 0 Å². The summed E-state index contributed by atoms with van der Waals surface area (Å²) in [4.78, 5) is 11.7. The second-order valence-electron chi connectivity index (χ2n) is 4.21. The number of hydrogen-bond acceptors (Lipinski definition) is 2. The van der Waals surface area contributed by atoms with Crippen molar-refractivity contribution in [3.05, 3.63) is 70.8 Å². The van der Waals surface area contributed by atoms with Gasteiger partial charge in [-0.05, 0) is 25.1 Å². The largest absolute Gasteiger partial charge is 0.271 e. The Hall–Kier alpha value is -2.56. The third kappa shape index (κ3) is 3.26. The molecule has 0 saturated heterocycles. The van der Waals surface area contributed by atoms with Crippen LogP contribution in [0, 0.1) is 18.6 Å². The summed E-state index contributed by atoms with van der Waals surface area (Å²) in [6.45, 7) is 1.86. The molecule has 0 radical (unpaired) electrons. The zero-order chi connectivity index (χ0) is 14.5. The van der Waals surface area contributed by atoms with Crippen LogP contribution in [-0.2, 0) is 0 Å². The molecule has 0 unspecified atom stereocenters. The first-order chi connectivity index (χ1) is 9.58. The van der Waals surface area contributed by atoms with Gasteiger partial charge in [0.05, 0.1) is 6.21 Å². The van der Waals surface area contributed by atoms with Gasteiger partial charge in [0.25, 0.3) is 5.91 Å². The summed E-state index contributed by atoms with van der Waals surface area (Å²) in [5.41, 5.74) is 3.62. The molecule has 1 N–H and O–H groups in total. The number of nitrogens with zero attached hydrogens (tertiary/aromatic N) is 1. The molecule has 0 fully saturated rings. The first-order valence-corrected chi connectivity index (χ1v) is 5.92. The maximum Gasteiger partial charge on any atom is 0.271 e. The Morgan fingerprint density at radius 2 is 1.95 bits per heavy atom. The Kier molecular flexibility index (Phi) is 4.20. The molecular formula is C15H12F2N2O. The van der Waals surface area contributed by atoms with Crippen molar-refractivity contribution in [3.63, 3.8) is 0 Å². The molecule has 0 atom stereocenters. The highest BCUT2D eigenvalue weighted by Crippen LogP contribution is 2.09. The number of hydrogen-bond donors (Lipinski definition) is 1. The molecule has 0 saturated carbocycles. The van der Waals surface area contributed by atoms with E-state index in [9.17, 15) is 13.6 Å². The van der Waals surface area contributed by atoms with Gasteiger partial charge in [0.1, 0.15) is 0 Å². The summed E-state index contributed by atoms with van der Waals surface area (Å²) in [5.74, 6) is -2.37. The fourth-order valence-electron chi connectivity index (χ4n) is 1.63. The summed E-state index contributed by atoms with van der Waals surface area (Å²) in [6, 6.07) is 10.7. The van der Waals surface area contributed by atoms with Gasteiger partial charge in [-0.25, -0.2) is 14.2 Å². The Morgan fingerprint density at radius 1 is 1.20 bits per heavy atom. The molecule has 0 bridgehead atoms. The minimum atomic E-state index is -0.999. The number of halogens is 2. The monoisotopic (exact) mass is 274 g/mol. The van der Waals surface area contributed by atoms with Gasteiger partial charge in [-0.3, -0.25) is 4.79 Å². The van der Waals surface area contributed by atoms with E-state index in [2.05, 4.69) is 10.5 Å². The highest BCUT2D eigenvalue weighted by molar-refractivity contribution is 5.95. The van der Waals surface area contributed by atoms with Gasteiger partial charge in [0.15, 0.2) is 11.6 Å². The summed E-state index contributed by atoms with van der Waals surface area (Å²) in [5, 5.41) is 3.62. The van der Waals surface area contributed by atoms with E-state index in [0.717, 1.165) is 17.8 Å². The molecule has 0 aliphatic heterocycles. The van der Waals surface area contributed by atoms with Crippen molar-refractivity contribution in [2.75, 3.05) is 0 Å². The van der Waals surface area contributed by atoms with E-state index >= 15 is 0 Å². The van der Waals surface area contributed by atoms with Crippen LogP contribution in [0.4, 0.5) is 8.78 Å². The molecular weight excluding hydrogens is 262 g/mol. The number of aryl methyl sites for hydroxylation is 1. The van der Waals surface area contributed by atoms with E-state index in [0.29, 0.717) is 5.56 Å². The number of benzene rings is 2. The van der Waals surface area contributed by atoms with Crippen LogP contribution in [0.5, 0.6) is 0 Å². The van der Waals surface area contributed by atoms with Gasteiger partial charge < -0.3 is 0 Å². The Labute approximate surface area is 114 Å². The standard InChI is InChI=1S/C15H12F2N2O/c1-10-4-2-5-11(8-10)15(20)19-18-9-12-6-3-7-13(16)14(12)17/h2-9H,1H3,(H,19,20). The zero-order valence-electron chi connectivity index (χ0n) is 10.7. The molecule has 0 spiro atoms. The number of nitrogens with one attached hydrogen (secondary N) is 1. The minimum absolute atomic E-state index is 0.0328. The maximum absolute atomic E-state index is 13.3. The number of amides is 1. The number of rotatable bonds is 3. The van der Waals surface area contributed by atoms with Crippen LogP contribution in [0.1, 0.15) is 21.5 Å². The molecule has 2 aromatic rings. The van der Waals surface area contributed by atoms with Crippen molar-refractivity contribution in [1.29, 1.82) is 0 Å². The van der Waals surface area contributed by atoms with E-state index in [1.165, 1.54) is 12.1 Å². The van der Waals surface area contributed by atoms with E-state index in [-0.39, 0.29) is 5.56 Å². The zero-order valence-corrected chi connectivity index (χ0v) is 10.7. The lowest BCUT2D eigenvalue weighted by molar-refractivity contribution is 0.0955. The van der Waals surface area contributed by atoms with Crippen LogP contribution in [0.25, 0.3) is 0 Å². The van der Waals surface area contributed by atoms with Gasteiger partial charge in [0.2, 0.25) is 0 Å². The molecule has 5 heteroatoms. The minimum Gasteiger partial charge on any atom is -0.267 e. The van der Waals surface area contributed by atoms with Crippen molar-refractivity contribution in [2.45, 2.75) is 6.92 Å². The molecule has 102 valence electrons. The molecule has 1 amide bonds. The molecule has 2 aromatic carbocycles. The lowest BCUT2D eigenvalue weighted by Gasteiger charge is -2.01. The van der Waals surface area contributed by atoms with Gasteiger partial charge in [0, 0.05) is 11.1 Å².